The summed E-state index contributed by atoms with van der Waals surface area (Å²) in [5.41, 5.74) is 6.82. The van der Waals surface area contributed by atoms with E-state index in [4.69, 9.17) is 10.5 Å². The number of rotatable bonds is 3. The number of hydrogen-bond acceptors (Lipinski definition) is 2. The lowest BCUT2D eigenvalue weighted by molar-refractivity contribution is 0.230. The predicted octanol–water partition coefficient (Wildman–Crippen LogP) is 2.49. The maximum atomic E-state index is 5.50. The molecule has 0 bridgehead atoms. The summed E-state index contributed by atoms with van der Waals surface area (Å²) < 4.78 is 5.33. The summed E-state index contributed by atoms with van der Waals surface area (Å²) in [6.07, 6.45) is -0.245. The van der Waals surface area contributed by atoms with Crippen LogP contribution in [0, 0.1) is 0 Å². The fourth-order valence-electron chi connectivity index (χ4n) is 1.15. The first-order valence-electron chi connectivity index (χ1n) is 4.62. The first-order chi connectivity index (χ1) is 6.09. The minimum atomic E-state index is -0.245. The molecule has 0 aliphatic heterocycles. The van der Waals surface area contributed by atoms with E-state index < -0.39 is 0 Å². The van der Waals surface area contributed by atoms with Crippen LogP contribution in [0.1, 0.15) is 32.3 Å². The quantitative estimate of drug-likeness (QED) is 0.723. The van der Waals surface area contributed by atoms with Gasteiger partial charge in [0, 0.05) is 0 Å². The van der Waals surface area contributed by atoms with Crippen LogP contribution in [0.4, 0.5) is 0 Å². The van der Waals surface area contributed by atoms with E-state index in [-0.39, 0.29) is 6.23 Å². The maximum absolute atomic E-state index is 5.50. The highest BCUT2D eigenvalue weighted by molar-refractivity contribution is 5.28. The van der Waals surface area contributed by atoms with E-state index in [1.807, 2.05) is 19.1 Å². The molecule has 0 saturated heterocycles. The Labute approximate surface area is 79.7 Å². The standard InChI is InChI=1S/C11H17NO/c1-8(2)10-4-6-11(7-5-10)13-9(3)12/h4-9H,12H2,1-3H3. The van der Waals surface area contributed by atoms with E-state index in [1.54, 1.807) is 0 Å². The Hall–Kier alpha value is -1.02. The highest BCUT2D eigenvalue weighted by Crippen LogP contribution is 2.18. The Kier molecular flexibility index (Phi) is 3.32. The Balaban J connectivity index is 2.70. The van der Waals surface area contributed by atoms with Crippen LogP contribution in [0.3, 0.4) is 0 Å². The normalized spacial score (nSPS) is 13.0. The van der Waals surface area contributed by atoms with Gasteiger partial charge in [0.1, 0.15) is 12.0 Å². The van der Waals surface area contributed by atoms with Crippen molar-refractivity contribution in [2.75, 3.05) is 0 Å². The van der Waals surface area contributed by atoms with Gasteiger partial charge in [0.2, 0.25) is 0 Å². The minimum Gasteiger partial charge on any atom is -0.476 e. The molecule has 1 aromatic rings. The molecule has 0 spiro atoms. The van der Waals surface area contributed by atoms with Crippen LogP contribution in [0.15, 0.2) is 24.3 Å². The van der Waals surface area contributed by atoms with Gasteiger partial charge in [-0.1, -0.05) is 26.0 Å². The van der Waals surface area contributed by atoms with Crippen LogP contribution in [0.2, 0.25) is 0 Å². The number of ether oxygens (including phenoxy) is 1. The number of nitrogens with two attached hydrogens (primary N) is 1. The predicted molar refractivity (Wildman–Crippen MR) is 54.8 cm³/mol. The number of hydrogen-bond donors (Lipinski definition) is 1. The fraction of sp³-hybridized carbons (Fsp3) is 0.455. The molecule has 0 fully saturated rings. The van der Waals surface area contributed by atoms with Crippen molar-refractivity contribution >= 4 is 0 Å². The van der Waals surface area contributed by atoms with Crippen LogP contribution < -0.4 is 10.5 Å². The van der Waals surface area contributed by atoms with Crippen LogP contribution in [-0.4, -0.2) is 6.23 Å². The van der Waals surface area contributed by atoms with Crippen LogP contribution in [0.5, 0.6) is 5.75 Å². The van der Waals surface area contributed by atoms with E-state index in [0.29, 0.717) is 5.92 Å². The molecular weight excluding hydrogens is 162 g/mol. The summed E-state index contributed by atoms with van der Waals surface area (Å²) in [5.74, 6) is 1.39. The van der Waals surface area contributed by atoms with Crippen LogP contribution in [-0.2, 0) is 0 Å². The van der Waals surface area contributed by atoms with Gasteiger partial charge in [0.15, 0.2) is 0 Å². The van der Waals surface area contributed by atoms with Crippen molar-refractivity contribution < 1.29 is 4.74 Å². The van der Waals surface area contributed by atoms with E-state index in [0.717, 1.165) is 5.75 Å². The molecule has 72 valence electrons. The Morgan fingerprint density at radius 1 is 1.08 bits per heavy atom. The molecule has 2 nitrogen and oxygen atoms in total. The van der Waals surface area contributed by atoms with E-state index in [1.165, 1.54) is 5.56 Å². The Bertz CT molecular complexity index is 251. The zero-order valence-electron chi connectivity index (χ0n) is 8.45. The van der Waals surface area contributed by atoms with Crippen molar-refractivity contribution in [3.05, 3.63) is 29.8 Å². The van der Waals surface area contributed by atoms with Gasteiger partial charge < -0.3 is 4.74 Å². The van der Waals surface area contributed by atoms with Gasteiger partial charge in [-0.2, -0.15) is 0 Å². The van der Waals surface area contributed by atoms with Gasteiger partial charge in [-0.05, 0) is 30.5 Å². The fourth-order valence-corrected chi connectivity index (χ4v) is 1.15. The molecule has 1 atom stereocenters. The van der Waals surface area contributed by atoms with E-state index in [9.17, 15) is 0 Å². The van der Waals surface area contributed by atoms with Gasteiger partial charge in [-0.25, -0.2) is 0 Å². The molecule has 0 aliphatic rings. The highest BCUT2D eigenvalue weighted by atomic mass is 16.5. The molecule has 0 amide bonds. The molecule has 0 heterocycles. The van der Waals surface area contributed by atoms with Gasteiger partial charge in [0.25, 0.3) is 0 Å². The van der Waals surface area contributed by atoms with Crippen molar-refractivity contribution in [3.8, 4) is 5.75 Å². The minimum absolute atomic E-state index is 0.245. The van der Waals surface area contributed by atoms with Crippen molar-refractivity contribution in [3.63, 3.8) is 0 Å². The van der Waals surface area contributed by atoms with Crippen LogP contribution >= 0.6 is 0 Å². The van der Waals surface area contributed by atoms with Gasteiger partial charge >= 0.3 is 0 Å². The molecule has 2 N–H and O–H groups in total. The largest absolute Gasteiger partial charge is 0.476 e. The van der Waals surface area contributed by atoms with Gasteiger partial charge in [0.05, 0.1) is 0 Å². The monoisotopic (exact) mass is 179 g/mol. The number of benzene rings is 1. The lowest BCUT2D eigenvalue weighted by Crippen LogP contribution is -2.22. The second-order valence-electron chi connectivity index (χ2n) is 3.55. The molecule has 1 rings (SSSR count). The second-order valence-corrected chi connectivity index (χ2v) is 3.55. The third-order valence-corrected chi connectivity index (χ3v) is 1.87. The zero-order valence-corrected chi connectivity index (χ0v) is 8.45. The van der Waals surface area contributed by atoms with E-state index >= 15 is 0 Å². The first-order valence-corrected chi connectivity index (χ1v) is 4.62. The average Bonchev–Trinajstić information content (AvgIpc) is 2.04. The molecule has 0 aliphatic carbocycles. The highest BCUT2D eigenvalue weighted by Gasteiger charge is 2.00. The molecular formula is C11H17NO. The second kappa shape index (κ2) is 4.28. The summed E-state index contributed by atoms with van der Waals surface area (Å²) in [7, 11) is 0. The smallest absolute Gasteiger partial charge is 0.144 e. The van der Waals surface area contributed by atoms with Crippen molar-refractivity contribution in [1.82, 2.24) is 0 Å². The zero-order chi connectivity index (χ0) is 9.84. The van der Waals surface area contributed by atoms with E-state index in [2.05, 4.69) is 26.0 Å². The Morgan fingerprint density at radius 2 is 1.62 bits per heavy atom. The molecule has 0 radical (unpaired) electrons. The molecule has 0 saturated carbocycles. The lowest BCUT2D eigenvalue weighted by Gasteiger charge is -2.10. The molecule has 1 aromatic carbocycles. The summed E-state index contributed by atoms with van der Waals surface area (Å²) in [6, 6.07) is 8.06. The van der Waals surface area contributed by atoms with Crippen LogP contribution in [0.25, 0.3) is 0 Å². The van der Waals surface area contributed by atoms with Crippen molar-refractivity contribution in [2.24, 2.45) is 5.73 Å². The topological polar surface area (TPSA) is 35.2 Å². The molecule has 2 heteroatoms. The SMILES string of the molecule is CC(N)Oc1ccc(C(C)C)cc1. The third kappa shape index (κ3) is 3.07. The third-order valence-electron chi connectivity index (χ3n) is 1.87. The van der Waals surface area contributed by atoms with Crippen molar-refractivity contribution in [2.45, 2.75) is 32.9 Å². The summed E-state index contributed by atoms with van der Waals surface area (Å²) >= 11 is 0. The van der Waals surface area contributed by atoms with Crippen molar-refractivity contribution in [1.29, 1.82) is 0 Å². The lowest BCUT2D eigenvalue weighted by atomic mass is 10.0. The average molecular weight is 179 g/mol. The first kappa shape index (κ1) is 10.1. The molecule has 0 aromatic heterocycles. The maximum Gasteiger partial charge on any atom is 0.144 e. The summed E-state index contributed by atoms with van der Waals surface area (Å²) in [5, 5.41) is 0. The van der Waals surface area contributed by atoms with Gasteiger partial charge in [-0.15, -0.1) is 0 Å². The molecule has 1 unspecified atom stereocenters. The molecule has 13 heavy (non-hydrogen) atoms. The Morgan fingerprint density at radius 3 is 2.00 bits per heavy atom. The summed E-state index contributed by atoms with van der Waals surface area (Å²) in [6.45, 7) is 6.15. The summed E-state index contributed by atoms with van der Waals surface area (Å²) in [4.78, 5) is 0. The van der Waals surface area contributed by atoms with Gasteiger partial charge in [-0.3, -0.25) is 5.73 Å².